The summed E-state index contributed by atoms with van der Waals surface area (Å²) in [5, 5.41) is 3.66. The Bertz CT molecular complexity index is 270. The summed E-state index contributed by atoms with van der Waals surface area (Å²) < 4.78 is 11.5. The van der Waals surface area contributed by atoms with Crippen LogP contribution in [0, 0.1) is 0 Å². The molecule has 0 aromatic rings. The molecular weight excluding hydrogens is 240 g/mol. The monoisotopic (exact) mass is 270 g/mol. The Kier molecular flexibility index (Phi) is 4.88. The highest BCUT2D eigenvalue weighted by Crippen LogP contribution is 2.27. The fraction of sp³-hybridized carbons (Fsp3) is 1.00. The zero-order valence-electron chi connectivity index (χ0n) is 13.0. The van der Waals surface area contributed by atoms with Crippen molar-refractivity contribution in [1.29, 1.82) is 0 Å². The Balaban J connectivity index is 1.72. The number of rotatable bonds is 4. The maximum atomic E-state index is 6.11. The molecule has 19 heavy (non-hydrogen) atoms. The van der Waals surface area contributed by atoms with Gasteiger partial charge in [-0.2, -0.15) is 0 Å². The van der Waals surface area contributed by atoms with E-state index in [-0.39, 0.29) is 11.2 Å². The van der Waals surface area contributed by atoms with Gasteiger partial charge in [-0.15, -0.1) is 0 Å². The Labute approximate surface area is 117 Å². The predicted octanol–water partition coefficient (Wildman–Crippen LogP) is 1.64. The number of morpholine rings is 1. The lowest BCUT2D eigenvalue weighted by molar-refractivity contribution is -0.180. The van der Waals surface area contributed by atoms with Crippen LogP contribution in [0.1, 0.15) is 40.5 Å². The summed E-state index contributed by atoms with van der Waals surface area (Å²) in [5.41, 5.74) is -0.0825. The highest BCUT2D eigenvalue weighted by molar-refractivity contribution is 4.89. The maximum absolute atomic E-state index is 6.11. The van der Waals surface area contributed by atoms with Crippen molar-refractivity contribution < 1.29 is 9.47 Å². The first-order valence-electron chi connectivity index (χ1n) is 7.60. The van der Waals surface area contributed by atoms with E-state index in [2.05, 4.69) is 37.9 Å². The lowest BCUT2D eigenvalue weighted by Gasteiger charge is -2.47. The molecule has 4 nitrogen and oxygen atoms in total. The molecule has 2 rings (SSSR count). The Hall–Kier alpha value is -0.160. The van der Waals surface area contributed by atoms with Gasteiger partial charge in [0, 0.05) is 45.4 Å². The molecule has 0 aromatic carbocycles. The molecule has 112 valence electrons. The molecule has 0 amide bonds. The molecule has 0 saturated carbocycles. The molecule has 2 aliphatic heterocycles. The first-order valence-corrected chi connectivity index (χ1v) is 7.60. The normalized spacial score (nSPS) is 28.4. The van der Waals surface area contributed by atoms with Crippen LogP contribution in [-0.2, 0) is 9.47 Å². The number of hydrogen-bond donors (Lipinski definition) is 1. The fourth-order valence-corrected chi connectivity index (χ4v) is 3.43. The Morgan fingerprint density at radius 1 is 1.05 bits per heavy atom. The maximum Gasteiger partial charge on any atom is 0.0760 e. The molecule has 0 bridgehead atoms. The van der Waals surface area contributed by atoms with Gasteiger partial charge < -0.3 is 14.8 Å². The van der Waals surface area contributed by atoms with Crippen LogP contribution in [0.2, 0.25) is 0 Å². The van der Waals surface area contributed by atoms with E-state index in [4.69, 9.17) is 9.47 Å². The Morgan fingerprint density at radius 3 is 2.21 bits per heavy atom. The average molecular weight is 270 g/mol. The van der Waals surface area contributed by atoms with E-state index in [9.17, 15) is 0 Å². The molecule has 2 heterocycles. The minimum atomic E-state index is -0.0412. The number of nitrogens with one attached hydrogen (secondary N) is 1. The summed E-state index contributed by atoms with van der Waals surface area (Å²) in [5.74, 6) is 0. The van der Waals surface area contributed by atoms with Crippen LogP contribution in [0.3, 0.4) is 0 Å². The lowest BCUT2D eigenvalue weighted by Crippen LogP contribution is -2.58. The SMILES string of the molecule is CC1(C)CN(CCNC2CCOCC2)CC(C)(C)O1. The number of ether oxygens (including phenoxy) is 2. The van der Waals surface area contributed by atoms with Crippen molar-refractivity contribution in [2.75, 3.05) is 39.4 Å². The molecule has 2 saturated heterocycles. The van der Waals surface area contributed by atoms with Crippen LogP contribution in [0.4, 0.5) is 0 Å². The zero-order chi connectivity index (χ0) is 13.9. The minimum Gasteiger partial charge on any atom is -0.381 e. The van der Waals surface area contributed by atoms with E-state index >= 15 is 0 Å². The van der Waals surface area contributed by atoms with Crippen LogP contribution >= 0.6 is 0 Å². The average Bonchev–Trinajstić information content (AvgIpc) is 2.26. The van der Waals surface area contributed by atoms with Crippen LogP contribution < -0.4 is 5.32 Å². The first kappa shape index (κ1) is 15.2. The quantitative estimate of drug-likeness (QED) is 0.842. The van der Waals surface area contributed by atoms with E-state index in [1.165, 1.54) is 0 Å². The largest absolute Gasteiger partial charge is 0.381 e. The molecule has 0 radical (unpaired) electrons. The van der Waals surface area contributed by atoms with E-state index < -0.39 is 0 Å². The smallest absolute Gasteiger partial charge is 0.0760 e. The van der Waals surface area contributed by atoms with Crippen LogP contribution in [0.15, 0.2) is 0 Å². The van der Waals surface area contributed by atoms with Gasteiger partial charge in [-0.25, -0.2) is 0 Å². The summed E-state index contributed by atoms with van der Waals surface area (Å²) >= 11 is 0. The van der Waals surface area contributed by atoms with Gasteiger partial charge >= 0.3 is 0 Å². The van der Waals surface area contributed by atoms with Crippen LogP contribution in [0.5, 0.6) is 0 Å². The summed E-state index contributed by atoms with van der Waals surface area (Å²) in [6, 6.07) is 0.649. The standard InChI is InChI=1S/C15H30N2O2/c1-14(2)11-17(12-15(3,4)19-14)8-7-16-13-5-9-18-10-6-13/h13,16H,5-12H2,1-4H3. The van der Waals surface area contributed by atoms with Crippen LogP contribution in [-0.4, -0.2) is 61.5 Å². The highest BCUT2D eigenvalue weighted by Gasteiger charge is 2.37. The number of hydrogen-bond acceptors (Lipinski definition) is 4. The van der Waals surface area contributed by atoms with Gasteiger partial charge in [0.05, 0.1) is 11.2 Å². The summed E-state index contributed by atoms with van der Waals surface area (Å²) in [6.07, 6.45) is 2.31. The lowest BCUT2D eigenvalue weighted by atomic mass is 9.99. The van der Waals surface area contributed by atoms with Crippen LogP contribution in [0.25, 0.3) is 0 Å². The second-order valence-electron chi connectivity index (χ2n) is 7.17. The molecule has 0 spiro atoms. The fourth-order valence-electron chi connectivity index (χ4n) is 3.43. The Morgan fingerprint density at radius 2 is 1.63 bits per heavy atom. The van der Waals surface area contributed by atoms with Gasteiger partial charge in [0.1, 0.15) is 0 Å². The number of nitrogens with zero attached hydrogens (tertiary/aromatic N) is 1. The van der Waals surface area contributed by atoms with Crippen molar-refractivity contribution in [2.24, 2.45) is 0 Å². The first-order chi connectivity index (χ1) is 8.86. The molecule has 2 aliphatic rings. The second kappa shape index (κ2) is 6.08. The van der Waals surface area contributed by atoms with Crippen molar-refractivity contribution in [2.45, 2.75) is 57.8 Å². The third-order valence-corrected chi connectivity index (χ3v) is 3.84. The molecule has 4 heteroatoms. The third-order valence-electron chi connectivity index (χ3n) is 3.84. The predicted molar refractivity (Wildman–Crippen MR) is 77.5 cm³/mol. The van der Waals surface area contributed by atoms with Crippen molar-refractivity contribution in [1.82, 2.24) is 10.2 Å². The molecule has 0 unspecified atom stereocenters. The van der Waals surface area contributed by atoms with Gasteiger partial charge in [-0.1, -0.05) is 0 Å². The summed E-state index contributed by atoms with van der Waals surface area (Å²) in [7, 11) is 0. The molecular formula is C15H30N2O2. The zero-order valence-corrected chi connectivity index (χ0v) is 13.0. The molecule has 2 fully saturated rings. The molecule has 0 aliphatic carbocycles. The van der Waals surface area contributed by atoms with E-state index in [1.807, 2.05) is 0 Å². The van der Waals surface area contributed by atoms with E-state index in [0.29, 0.717) is 6.04 Å². The van der Waals surface area contributed by atoms with Gasteiger partial charge in [0.25, 0.3) is 0 Å². The molecule has 0 aromatic heterocycles. The van der Waals surface area contributed by atoms with Crippen molar-refractivity contribution >= 4 is 0 Å². The second-order valence-corrected chi connectivity index (χ2v) is 7.17. The van der Waals surface area contributed by atoms with Crippen molar-refractivity contribution in [3.05, 3.63) is 0 Å². The minimum absolute atomic E-state index is 0.0412. The van der Waals surface area contributed by atoms with Gasteiger partial charge in [-0.05, 0) is 40.5 Å². The molecule has 0 atom stereocenters. The van der Waals surface area contributed by atoms with Gasteiger partial charge in [-0.3, -0.25) is 4.90 Å². The summed E-state index contributed by atoms with van der Waals surface area (Å²) in [6.45, 7) is 14.8. The highest BCUT2D eigenvalue weighted by atomic mass is 16.5. The topological polar surface area (TPSA) is 33.7 Å². The van der Waals surface area contributed by atoms with E-state index in [1.54, 1.807) is 0 Å². The molecule has 1 N–H and O–H groups in total. The van der Waals surface area contributed by atoms with Crippen molar-refractivity contribution in [3.63, 3.8) is 0 Å². The van der Waals surface area contributed by atoms with E-state index in [0.717, 1.165) is 52.2 Å². The van der Waals surface area contributed by atoms with Crippen molar-refractivity contribution in [3.8, 4) is 0 Å². The van der Waals surface area contributed by atoms with Gasteiger partial charge in [0.2, 0.25) is 0 Å². The summed E-state index contributed by atoms with van der Waals surface area (Å²) in [4.78, 5) is 2.52. The van der Waals surface area contributed by atoms with Gasteiger partial charge in [0.15, 0.2) is 0 Å². The third kappa shape index (κ3) is 5.03.